The highest BCUT2D eigenvalue weighted by atomic mass is 16.6. The van der Waals surface area contributed by atoms with E-state index in [1.807, 2.05) is 60.7 Å². The van der Waals surface area contributed by atoms with E-state index >= 15 is 0 Å². The Hall–Kier alpha value is -2.12. The van der Waals surface area contributed by atoms with E-state index in [4.69, 9.17) is 28.4 Å². The second-order valence-electron chi connectivity index (χ2n) is 5.77. The highest BCUT2D eigenvalue weighted by Gasteiger charge is 1.95. The monoisotopic (exact) mass is 390 g/mol. The smallest absolute Gasteiger partial charge is 0.119 e. The van der Waals surface area contributed by atoms with Crippen molar-refractivity contribution >= 4 is 0 Å². The van der Waals surface area contributed by atoms with Gasteiger partial charge in [-0.3, -0.25) is 0 Å². The van der Waals surface area contributed by atoms with E-state index in [0.29, 0.717) is 66.1 Å². The highest BCUT2D eigenvalue weighted by Crippen LogP contribution is 2.08. The summed E-state index contributed by atoms with van der Waals surface area (Å²) in [4.78, 5) is 0. The van der Waals surface area contributed by atoms with Crippen LogP contribution in [0.4, 0.5) is 0 Å². The molecule has 2 rings (SSSR count). The van der Waals surface area contributed by atoms with Crippen LogP contribution < -0.4 is 9.47 Å². The van der Waals surface area contributed by atoms with Crippen LogP contribution in [-0.2, 0) is 18.9 Å². The molecule has 0 unspecified atom stereocenters. The summed E-state index contributed by atoms with van der Waals surface area (Å²) >= 11 is 0. The van der Waals surface area contributed by atoms with Gasteiger partial charge in [0.1, 0.15) is 24.7 Å². The molecule has 2 aromatic rings. The number of hydrogen-bond donors (Lipinski definition) is 0. The molecule has 28 heavy (non-hydrogen) atoms. The van der Waals surface area contributed by atoms with Gasteiger partial charge in [-0.25, -0.2) is 0 Å². The van der Waals surface area contributed by atoms with Crippen LogP contribution in [0.25, 0.3) is 0 Å². The van der Waals surface area contributed by atoms with Gasteiger partial charge in [0, 0.05) is 0 Å². The largest absolute Gasteiger partial charge is 0.491 e. The van der Waals surface area contributed by atoms with Crippen molar-refractivity contribution in [3.63, 3.8) is 0 Å². The van der Waals surface area contributed by atoms with Crippen LogP contribution in [0.1, 0.15) is 0 Å². The van der Waals surface area contributed by atoms with Crippen LogP contribution in [0.15, 0.2) is 60.7 Å². The summed E-state index contributed by atoms with van der Waals surface area (Å²) in [6.07, 6.45) is 0. The van der Waals surface area contributed by atoms with Gasteiger partial charge in [-0.15, -0.1) is 0 Å². The lowest BCUT2D eigenvalue weighted by Gasteiger charge is -2.09. The fourth-order valence-electron chi connectivity index (χ4n) is 2.23. The van der Waals surface area contributed by atoms with Crippen molar-refractivity contribution in [2.75, 3.05) is 66.1 Å². The van der Waals surface area contributed by atoms with Gasteiger partial charge in [0.05, 0.1) is 52.9 Å². The van der Waals surface area contributed by atoms with Crippen molar-refractivity contribution in [1.82, 2.24) is 0 Å². The van der Waals surface area contributed by atoms with Crippen molar-refractivity contribution in [2.24, 2.45) is 0 Å². The van der Waals surface area contributed by atoms with Gasteiger partial charge in [0.15, 0.2) is 0 Å². The van der Waals surface area contributed by atoms with Crippen molar-refractivity contribution in [3.8, 4) is 11.5 Å². The Labute approximate surface area is 167 Å². The molecule has 0 spiro atoms. The van der Waals surface area contributed by atoms with Crippen LogP contribution in [0.5, 0.6) is 11.5 Å². The third-order valence-electron chi connectivity index (χ3n) is 3.60. The molecular formula is C22H30O6. The second-order valence-corrected chi connectivity index (χ2v) is 5.77. The summed E-state index contributed by atoms with van der Waals surface area (Å²) in [6.45, 7) is 5.41. The van der Waals surface area contributed by atoms with Crippen LogP contribution in [0.3, 0.4) is 0 Å². The first-order chi connectivity index (χ1) is 13.9. The standard InChI is InChI=1S/C22H30O6/c1-3-7-21(8-4-1)27-19-17-25-15-13-23-11-12-24-14-16-26-18-20-28-22-9-5-2-6-10-22/h1-10H,11-20H2. The van der Waals surface area contributed by atoms with Crippen molar-refractivity contribution in [3.05, 3.63) is 60.7 Å². The second kappa shape index (κ2) is 15.9. The lowest BCUT2D eigenvalue weighted by molar-refractivity contribution is -0.00698. The molecule has 6 nitrogen and oxygen atoms in total. The van der Waals surface area contributed by atoms with E-state index in [1.165, 1.54) is 0 Å². The van der Waals surface area contributed by atoms with Crippen molar-refractivity contribution in [2.45, 2.75) is 0 Å². The molecule has 0 aromatic heterocycles. The van der Waals surface area contributed by atoms with Gasteiger partial charge in [0.25, 0.3) is 0 Å². The molecule has 154 valence electrons. The summed E-state index contributed by atoms with van der Waals surface area (Å²) in [5, 5.41) is 0. The van der Waals surface area contributed by atoms with E-state index in [9.17, 15) is 0 Å². The Kier molecular flexibility index (Phi) is 12.6. The number of para-hydroxylation sites is 2. The zero-order valence-electron chi connectivity index (χ0n) is 16.3. The molecule has 2 aromatic carbocycles. The number of ether oxygens (including phenoxy) is 6. The Morgan fingerprint density at radius 1 is 0.357 bits per heavy atom. The minimum atomic E-state index is 0.531. The predicted molar refractivity (Wildman–Crippen MR) is 107 cm³/mol. The van der Waals surface area contributed by atoms with Gasteiger partial charge in [-0.05, 0) is 24.3 Å². The first-order valence-corrected chi connectivity index (χ1v) is 9.62. The third-order valence-corrected chi connectivity index (χ3v) is 3.60. The van der Waals surface area contributed by atoms with Crippen molar-refractivity contribution < 1.29 is 28.4 Å². The lowest BCUT2D eigenvalue weighted by atomic mass is 10.3. The zero-order valence-corrected chi connectivity index (χ0v) is 16.3. The van der Waals surface area contributed by atoms with Gasteiger partial charge in [0.2, 0.25) is 0 Å². The minimum absolute atomic E-state index is 0.531. The van der Waals surface area contributed by atoms with E-state index in [-0.39, 0.29) is 0 Å². The Balaban J connectivity index is 1.25. The Bertz CT molecular complexity index is 525. The van der Waals surface area contributed by atoms with E-state index < -0.39 is 0 Å². The van der Waals surface area contributed by atoms with Gasteiger partial charge in [-0.2, -0.15) is 0 Å². The van der Waals surface area contributed by atoms with Crippen molar-refractivity contribution in [1.29, 1.82) is 0 Å². The summed E-state index contributed by atoms with van der Waals surface area (Å²) in [5.74, 6) is 1.71. The molecule has 0 saturated carbocycles. The SMILES string of the molecule is c1ccc(OCCOCCOCCOCCOCCOc2ccccc2)cc1. The predicted octanol–water partition coefficient (Wildman–Crippen LogP) is 3.21. The first-order valence-electron chi connectivity index (χ1n) is 9.62. The lowest BCUT2D eigenvalue weighted by Crippen LogP contribution is -2.14. The molecule has 0 radical (unpaired) electrons. The zero-order chi connectivity index (χ0) is 19.5. The van der Waals surface area contributed by atoms with Crippen LogP contribution in [0, 0.1) is 0 Å². The molecule has 0 amide bonds. The molecule has 0 aliphatic heterocycles. The van der Waals surface area contributed by atoms with Gasteiger partial charge < -0.3 is 28.4 Å². The van der Waals surface area contributed by atoms with Crippen LogP contribution in [-0.4, -0.2) is 66.1 Å². The maximum atomic E-state index is 5.53. The highest BCUT2D eigenvalue weighted by molar-refractivity contribution is 5.21. The van der Waals surface area contributed by atoms with Crippen LogP contribution in [0.2, 0.25) is 0 Å². The molecule has 0 N–H and O–H groups in total. The Morgan fingerprint density at radius 3 is 0.964 bits per heavy atom. The average molecular weight is 390 g/mol. The van der Waals surface area contributed by atoms with E-state index in [2.05, 4.69) is 0 Å². The molecule has 0 heterocycles. The fourth-order valence-corrected chi connectivity index (χ4v) is 2.23. The molecule has 0 fully saturated rings. The Morgan fingerprint density at radius 2 is 0.643 bits per heavy atom. The average Bonchev–Trinajstić information content (AvgIpc) is 2.75. The third kappa shape index (κ3) is 11.6. The molecule has 0 aliphatic carbocycles. The summed E-state index contributed by atoms with van der Waals surface area (Å²) in [6, 6.07) is 19.4. The molecule has 0 atom stereocenters. The molecule has 0 saturated heterocycles. The molecule has 6 heteroatoms. The maximum Gasteiger partial charge on any atom is 0.119 e. The summed E-state index contributed by atoms with van der Waals surface area (Å²) in [7, 11) is 0. The maximum absolute atomic E-state index is 5.53. The topological polar surface area (TPSA) is 55.4 Å². The first kappa shape index (κ1) is 22.2. The minimum Gasteiger partial charge on any atom is -0.491 e. The van der Waals surface area contributed by atoms with Crippen LogP contribution >= 0.6 is 0 Å². The number of rotatable bonds is 17. The van der Waals surface area contributed by atoms with E-state index in [1.54, 1.807) is 0 Å². The summed E-state index contributed by atoms with van der Waals surface area (Å²) < 4.78 is 32.8. The fraction of sp³-hybridized carbons (Fsp3) is 0.455. The molecule has 0 bridgehead atoms. The van der Waals surface area contributed by atoms with E-state index in [0.717, 1.165) is 11.5 Å². The number of benzene rings is 2. The quantitative estimate of drug-likeness (QED) is 0.387. The molecule has 0 aliphatic rings. The van der Waals surface area contributed by atoms with Gasteiger partial charge >= 0.3 is 0 Å². The van der Waals surface area contributed by atoms with Gasteiger partial charge in [-0.1, -0.05) is 36.4 Å². The molecular weight excluding hydrogens is 360 g/mol. The number of hydrogen-bond acceptors (Lipinski definition) is 6. The summed E-state index contributed by atoms with van der Waals surface area (Å²) in [5.41, 5.74) is 0. The normalized spacial score (nSPS) is 10.7.